The van der Waals surface area contributed by atoms with Gasteiger partial charge in [-0.25, -0.2) is 0 Å². The molecule has 0 spiro atoms. The predicted molar refractivity (Wildman–Crippen MR) is 91.1 cm³/mol. The summed E-state index contributed by atoms with van der Waals surface area (Å²) in [5.74, 6) is 0. The van der Waals surface area contributed by atoms with Crippen LogP contribution in [0.5, 0.6) is 0 Å². The van der Waals surface area contributed by atoms with Gasteiger partial charge in [0, 0.05) is 0 Å². The van der Waals surface area contributed by atoms with E-state index in [9.17, 15) is 0 Å². The SMILES string of the molecule is C[As](C)CCCC1c2ccccc2CN1c1ccncc1. The molecule has 2 aromatic rings. The molecular formula is C18H23AsN2. The van der Waals surface area contributed by atoms with Gasteiger partial charge in [0.1, 0.15) is 0 Å². The Hall–Kier alpha value is -1.27. The van der Waals surface area contributed by atoms with Gasteiger partial charge in [-0.1, -0.05) is 0 Å². The molecule has 0 aliphatic carbocycles. The summed E-state index contributed by atoms with van der Waals surface area (Å²) in [5, 5.41) is 1.45. The number of benzene rings is 1. The average molecular weight is 342 g/mol. The van der Waals surface area contributed by atoms with E-state index in [1.165, 1.54) is 34.9 Å². The Kier molecular flexibility index (Phi) is 4.65. The molecule has 0 N–H and O–H groups in total. The van der Waals surface area contributed by atoms with Crippen LogP contribution in [0.25, 0.3) is 0 Å². The summed E-state index contributed by atoms with van der Waals surface area (Å²) in [6.45, 7) is 1.03. The third kappa shape index (κ3) is 3.32. The van der Waals surface area contributed by atoms with Gasteiger partial charge in [0.05, 0.1) is 0 Å². The fraction of sp³-hybridized carbons (Fsp3) is 0.389. The Balaban J connectivity index is 1.83. The van der Waals surface area contributed by atoms with Gasteiger partial charge in [-0.2, -0.15) is 0 Å². The minimum absolute atomic E-state index is 0.501. The second kappa shape index (κ2) is 6.66. The van der Waals surface area contributed by atoms with Crippen molar-refractivity contribution in [2.24, 2.45) is 0 Å². The van der Waals surface area contributed by atoms with Crippen molar-refractivity contribution in [3.05, 3.63) is 59.9 Å². The second-order valence-electron chi connectivity index (χ2n) is 5.99. The number of anilines is 1. The van der Waals surface area contributed by atoms with E-state index in [2.05, 4.69) is 57.7 Å². The Bertz CT molecular complexity index is 583. The third-order valence-electron chi connectivity index (χ3n) is 4.21. The van der Waals surface area contributed by atoms with Crippen molar-refractivity contribution in [3.63, 3.8) is 0 Å². The second-order valence-corrected chi connectivity index (χ2v) is 11.5. The van der Waals surface area contributed by atoms with E-state index in [-0.39, 0.29) is 0 Å². The van der Waals surface area contributed by atoms with Crippen LogP contribution < -0.4 is 4.90 Å². The number of nitrogens with zero attached hydrogens (tertiary/aromatic N) is 2. The monoisotopic (exact) mass is 342 g/mol. The van der Waals surface area contributed by atoms with Crippen molar-refractivity contribution in [2.45, 2.75) is 42.1 Å². The molecule has 0 saturated heterocycles. The van der Waals surface area contributed by atoms with Crippen molar-refractivity contribution in [1.29, 1.82) is 0 Å². The molecule has 0 fully saturated rings. The molecule has 3 heteroatoms. The number of aromatic nitrogens is 1. The van der Waals surface area contributed by atoms with Crippen molar-refractivity contribution in [1.82, 2.24) is 4.98 Å². The number of pyridine rings is 1. The molecule has 0 saturated carbocycles. The molecule has 1 aliphatic heterocycles. The van der Waals surface area contributed by atoms with Gasteiger partial charge >= 0.3 is 132 Å². The molecule has 1 aromatic heterocycles. The van der Waals surface area contributed by atoms with Gasteiger partial charge in [-0.3, -0.25) is 0 Å². The quantitative estimate of drug-likeness (QED) is 0.734. The molecule has 1 atom stereocenters. The van der Waals surface area contributed by atoms with E-state index >= 15 is 0 Å². The van der Waals surface area contributed by atoms with Crippen LogP contribution >= 0.6 is 0 Å². The fourth-order valence-electron chi connectivity index (χ4n) is 3.18. The van der Waals surface area contributed by atoms with E-state index in [0.29, 0.717) is 6.04 Å². The fourth-order valence-corrected chi connectivity index (χ4v) is 4.89. The van der Waals surface area contributed by atoms with Crippen LogP contribution in [-0.4, -0.2) is 19.6 Å². The normalized spacial score (nSPS) is 17.3. The van der Waals surface area contributed by atoms with Crippen LogP contribution in [0.15, 0.2) is 48.8 Å². The van der Waals surface area contributed by atoms with Crippen molar-refractivity contribution in [3.8, 4) is 0 Å². The molecule has 3 rings (SSSR count). The molecule has 0 bridgehead atoms. The van der Waals surface area contributed by atoms with Gasteiger partial charge in [0.15, 0.2) is 0 Å². The first-order valence-electron chi connectivity index (χ1n) is 7.65. The average Bonchev–Trinajstić information content (AvgIpc) is 2.87. The topological polar surface area (TPSA) is 16.1 Å². The van der Waals surface area contributed by atoms with E-state index < -0.39 is 14.7 Å². The van der Waals surface area contributed by atoms with E-state index in [1.54, 1.807) is 0 Å². The third-order valence-corrected chi connectivity index (χ3v) is 6.75. The van der Waals surface area contributed by atoms with Crippen LogP contribution in [0.4, 0.5) is 5.69 Å². The summed E-state index contributed by atoms with van der Waals surface area (Å²) < 4.78 is 0. The van der Waals surface area contributed by atoms with Crippen LogP contribution in [0.2, 0.25) is 16.6 Å². The Morgan fingerprint density at radius 3 is 2.67 bits per heavy atom. The minimum atomic E-state index is -0.501. The molecule has 0 radical (unpaired) electrons. The molecule has 2 nitrogen and oxygen atoms in total. The zero-order chi connectivity index (χ0) is 14.7. The molecule has 110 valence electrons. The van der Waals surface area contributed by atoms with Gasteiger partial charge in [0.2, 0.25) is 0 Å². The van der Waals surface area contributed by atoms with Gasteiger partial charge in [0.25, 0.3) is 0 Å². The van der Waals surface area contributed by atoms with Crippen molar-refractivity contribution in [2.75, 3.05) is 4.90 Å². The molecule has 21 heavy (non-hydrogen) atoms. The van der Waals surface area contributed by atoms with Crippen LogP contribution in [0.3, 0.4) is 0 Å². The maximum atomic E-state index is 4.16. The van der Waals surface area contributed by atoms with Crippen LogP contribution in [-0.2, 0) is 6.54 Å². The van der Waals surface area contributed by atoms with Crippen molar-refractivity contribution >= 4 is 20.3 Å². The number of fused-ring (bicyclic) bond motifs is 1. The maximum absolute atomic E-state index is 4.16. The number of hydrogen-bond donors (Lipinski definition) is 0. The summed E-state index contributed by atoms with van der Waals surface area (Å²) in [7, 11) is 0. The van der Waals surface area contributed by atoms with Crippen LogP contribution in [0, 0.1) is 0 Å². The van der Waals surface area contributed by atoms with Gasteiger partial charge < -0.3 is 0 Å². The van der Waals surface area contributed by atoms with Crippen LogP contribution in [0.1, 0.15) is 30.0 Å². The summed E-state index contributed by atoms with van der Waals surface area (Å²) in [6, 6.07) is 13.7. The van der Waals surface area contributed by atoms with E-state index in [4.69, 9.17) is 0 Å². The zero-order valence-electron chi connectivity index (χ0n) is 12.9. The zero-order valence-corrected chi connectivity index (χ0v) is 14.7. The molecular weight excluding hydrogens is 319 g/mol. The molecule has 1 unspecified atom stereocenters. The van der Waals surface area contributed by atoms with Gasteiger partial charge in [-0.05, 0) is 0 Å². The predicted octanol–water partition coefficient (Wildman–Crippen LogP) is 4.68. The molecule has 1 aromatic carbocycles. The summed E-state index contributed by atoms with van der Waals surface area (Å²) in [5.41, 5.74) is 9.22. The Labute approximate surface area is 132 Å². The first-order valence-corrected chi connectivity index (χ1v) is 12.7. The first kappa shape index (κ1) is 14.7. The number of rotatable bonds is 5. The Morgan fingerprint density at radius 2 is 1.90 bits per heavy atom. The van der Waals surface area contributed by atoms with Crippen molar-refractivity contribution < 1.29 is 0 Å². The van der Waals surface area contributed by atoms with E-state index in [1.807, 2.05) is 12.4 Å². The molecule has 1 aliphatic rings. The first-order chi connectivity index (χ1) is 10.3. The molecule has 2 heterocycles. The summed E-state index contributed by atoms with van der Waals surface area (Å²) in [6.07, 6.45) is 6.42. The summed E-state index contributed by atoms with van der Waals surface area (Å²) in [4.78, 5) is 6.71. The standard InChI is InChI=1S/C18H23AsN2/c1-19(2)11-5-8-18-17-7-4-3-6-15(17)14-21(18)16-9-12-20-13-10-16/h3-4,6-7,9-10,12-13,18H,5,8,11,14H2,1-2H3. The van der Waals surface area contributed by atoms with E-state index in [0.717, 1.165) is 6.54 Å². The number of hydrogen-bond acceptors (Lipinski definition) is 2. The Morgan fingerprint density at radius 1 is 1.14 bits per heavy atom. The van der Waals surface area contributed by atoms with Gasteiger partial charge in [-0.15, -0.1) is 0 Å². The summed E-state index contributed by atoms with van der Waals surface area (Å²) >= 11 is -0.501. The molecule has 0 amide bonds.